The molecule has 19 heavy (non-hydrogen) atoms. The molecule has 0 fully saturated rings. The topological polar surface area (TPSA) is 63.8 Å². The molecule has 3 N–H and O–H groups in total. The SMILES string of the molecule is CCc1ncnc(NC(C)c2ccc(N)cc2)c1F. The molecule has 0 spiro atoms. The van der Waals surface area contributed by atoms with E-state index in [0.29, 0.717) is 17.8 Å². The van der Waals surface area contributed by atoms with Crippen molar-refractivity contribution in [3.63, 3.8) is 0 Å². The Bertz CT molecular complexity index is 554. The van der Waals surface area contributed by atoms with Crippen molar-refractivity contribution in [2.75, 3.05) is 11.1 Å². The Kier molecular flexibility index (Phi) is 3.94. The molecule has 2 rings (SSSR count). The maximum Gasteiger partial charge on any atom is 0.186 e. The molecule has 0 aliphatic carbocycles. The molecular weight excluding hydrogens is 243 g/mol. The van der Waals surface area contributed by atoms with Crippen LogP contribution in [0.4, 0.5) is 15.9 Å². The van der Waals surface area contributed by atoms with Crippen LogP contribution in [0.15, 0.2) is 30.6 Å². The van der Waals surface area contributed by atoms with Crippen LogP contribution in [0.3, 0.4) is 0 Å². The third-order valence-corrected chi connectivity index (χ3v) is 2.99. The number of nitrogens with one attached hydrogen (secondary N) is 1. The van der Waals surface area contributed by atoms with Gasteiger partial charge in [0.15, 0.2) is 11.6 Å². The summed E-state index contributed by atoms with van der Waals surface area (Å²) >= 11 is 0. The van der Waals surface area contributed by atoms with Crippen LogP contribution in [-0.4, -0.2) is 9.97 Å². The number of aryl methyl sites for hydroxylation is 1. The van der Waals surface area contributed by atoms with Crippen molar-refractivity contribution in [1.82, 2.24) is 9.97 Å². The van der Waals surface area contributed by atoms with E-state index < -0.39 is 0 Å². The van der Waals surface area contributed by atoms with Crippen LogP contribution in [0, 0.1) is 5.82 Å². The highest BCUT2D eigenvalue weighted by molar-refractivity contribution is 5.44. The molecule has 0 aliphatic heterocycles. The summed E-state index contributed by atoms with van der Waals surface area (Å²) in [6.45, 7) is 3.80. The molecule has 1 aromatic carbocycles. The van der Waals surface area contributed by atoms with E-state index in [-0.39, 0.29) is 17.7 Å². The Labute approximate surface area is 111 Å². The predicted molar refractivity (Wildman–Crippen MR) is 74.3 cm³/mol. The minimum atomic E-state index is -0.382. The van der Waals surface area contributed by atoms with Gasteiger partial charge < -0.3 is 11.1 Å². The number of benzene rings is 1. The lowest BCUT2D eigenvalue weighted by Gasteiger charge is -2.16. The highest BCUT2D eigenvalue weighted by atomic mass is 19.1. The second-order valence-corrected chi connectivity index (χ2v) is 4.37. The zero-order valence-corrected chi connectivity index (χ0v) is 11.0. The van der Waals surface area contributed by atoms with E-state index in [1.54, 1.807) is 0 Å². The molecule has 0 saturated carbocycles. The second-order valence-electron chi connectivity index (χ2n) is 4.37. The largest absolute Gasteiger partial charge is 0.399 e. The average molecular weight is 260 g/mol. The van der Waals surface area contributed by atoms with E-state index in [1.165, 1.54) is 6.33 Å². The molecule has 2 aromatic rings. The average Bonchev–Trinajstić information content (AvgIpc) is 2.42. The highest BCUT2D eigenvalue weighted by Crippen LogP contribution is 2.21. The molecule has 1 unspecified atom stereocenters. The van der Waals surface area contributed by atoms with Gasteiger partial charge >= 0.3 is 0 Å². The van der Waals surface area contributed by atoms with Gasteiger partial charge in [-0.05, 0) is 31.0 Å². The van der Waals surface area contributed by atoms with Crippen molar-refractivity contribution in [2.24, 2.45) is 0 Å². The van der Waals surface area contributed by atoms with Gasteiger partial charge in [0.2, 0.25) is 0 Å². The Morgan fingerprint density at radius 3 is 2.58 bits per heavy atom. The van der Waals surface area contributed by atoms with Crippen molar-refractivity contribution >= 4 is 11.5 Å². The van der Waals surface area contributed by atoms with Crippen LogP contribution in [0.25, 0.3) is 0 Å². The number of rotatable bonds is 4. The van der Waals surface area contributed by atoms with E-state index in [2.05, 4.69) is 15.3 Å². The number of aromatic nitrogens is 2. The van der Waals surface area contributed by atoms with Crippen LogP contribution in [-0.2, 0) is 6.42 Å². The Hall–Kier alpha value is -2.17. The Balaban J connectivity index is 2.19. The fourth-order valence-corrected chi connectivity index (χ4v) is 1.83. The molecule has 0 saturated heterocycles. The van der Waals surface area contributed by atoms with Crippen LogP contribution >= 0.6 is 0 Å². The van der Waals surface area contributed by atoms with E-state index in [0.717, 1.165) is 5.56 Å². The molecule has 0 amide bonds. The number of hydrogen-bond acceptors (Lipinski definition) is 4. The zero-order valence-electron chi connectivity index (χ0n) is 11.0. The third-order valence-electron chi connectivity index (χ3n) is 2.99. The highest BCUT2D eigenvalue weighted by Gasteiger charge is 2.12. The summed E-state index contributed by atoms with van der Waals surface area (Å²) in [6.07, 6.45) is 1.92. The zero-order chi connectivity index (χ0) is 13.8. The maximum atomic E-state index is 14.0. The lowest BCUT2D eigenvalue weighted by molar-refractivity contribution is 0.594. The molecule has 100 valence electrons. The summed E-state index contributed by atoms with van der Waals surface area (Å²) in [4.78, 5) is 7.85. The summed E-state index contributed by atoms with van der Waals surface area (Å²) in [5, 5.41) is 3.05. The van der Waals surface area contributed by atoms with Crippen LogP contribution in [0.5, 0.6) is 0 Å². The molecule has 1 atom stereocenters. The molecule has 1 heterocycles. The Morgan fingerprint density at radius 1 is 1.26 bits per heavy atom. The van der Waals surface area contributed by atoms with Gasteiger partial charge in [0.1, 0.15) is 6.33 Å². The van der Waals surface area contributed by atoms with E-state index in [1.807, 2.05) is 38.1 Å². The minimum absolute atomic E-state index is 0.0605. The molecule has 0 bridgehead atoms. The predicted octanol–water partition coefficient (Wildman–Crippen LogP) is 2.93. The number of anilines is 2. The van der Waals surface area contributed by atoms with Crippen molar-refractivity contribution in [3.05, 3.63) is 47.7 Å². The number of hydrogen-bond donors (Lipinski definition) is 2. The fourth-order valence-electron chi connectivity index (χ4n) is 1.83. The van der Waals surface area contributed by atoms with Gasteiger partial charge in [0.25, 0.3) is 0 Å². The summed E-state index contributed by atoms with van der Waals surface area (Å²) in [5.74, 6) is -0.150. The minimum Gasteiger partial charge on any atom is -0.399 e. The molecular formula is C14H17FN4. The number of halogens is 1. The summed E-state index contributed by atoms with van der Waals surface area (Å²) in [5.41, 5.74) is 7.78. The van der Waals surface area contributed by atoms with Crippen LogP contribution < -0.4 is 11.1 Å². The molecule has 1 aromatic heterocycles. The normalized spacial score (nSPS) is 12.2. The third kappa shape index (κ3) is 2.99. The summed E-state index contributed by atoms with van der Waals surface area (Å²) < 4.78 is 14.0. The smallest absolute Gasteiger partial charge is 0.186 e. The first-order chi connectivity index (χ1) is 9.11. The van der Waals surface area contributed by atoms with Crippen molar-refractivity contribution in [1.29, 1.82) is 0 Å². The second kappa shape index (κ2) is 5.65. The number of nitrogen functional groups attached to an aromatic ring is 1. The van der Waals surface area contributed by atoms with Crippen molar-refractivity contribution < 1.29 is 4.39 Å². The molecule has 0 radical (unpaired) electrons. The number of nitrogens with zero attached hydrogens (tertiary/aromatic N) is 2. The molecule has 4 nitrogen and oxygen atoms in total. The first-order valence-electron chi connectivity index (χ1n) is 6.23. The summed E-state index contributed by atoms with van der Waals surface area (Å²) in [6, 6.07) is 7.40. The van der Waals surface area contributed by atoms with Gasteiger partial charge in [-0.1, -0.05) is 19.1 Å². The van der Waals surface area contributed by atoms with Crippen molar-refractivity contribution in [2.45, 2.75) is 26.3 Å². The molecule has 0 aliphatic rings. The lowest BCUT2D eigenvalue weighted by Crippen LogP contribution is -2.11. The maximum absolute atomic E-state index is 14.0. The standard InChI is InChI=1S/C14H17FN4/c1-3-12-13(15)14(18-8-17-12)19-9(2)10-4-6-11(16)7-5-10/h4-9H,3,16H2,1-2H3,(H,17,18,19). The van der Waals surface area contributed by atoms with Gasteiger partial charge in [0, 0.05) is 5.69 Å². The quantitative estimate of drug-likeness (QED) is 0.830. The van der Waals surface area contributed by atoms with E-state index in [9.17, 15) is 4.39 Å². The first-order valence-corrected chi connectivity index (χ1v) is 6.23. The summed E-state index contributed by atoms with van der Waals surface area (Å²) in [7, 11) is 0. The monoisotopic (exact) mass is 260 g/mol. The van der Waals surface area contributed by atoms with Crippen molar-refractivity contribution in [3.8, 4) is 0 Å². The number of nitrogens with two attached hydrogens (primary N) is 1. The van der Waals surface area contributed by atoms with Gasteiger partial charge in [-0.15, -0.1) is 0 Å². The van der Waals surface area contributed by atoms with Gasteiger partial charge in [0.05, 0.1) is 11.7 Å². The van der Waals surface area contributed by atoms with Gasteiger partial charge in [-0.2, -0.15) is 0 Å². The van der Waals surface area contributed by atoms with Gasteiger partial charge in [-0.25, -0.2) is 14.4 Å². The van der Waals surface area contributed by atoms with Gasteiger partial charge in [-0.3, -0.25) is 0 Å². The molecule has 5 heteroatoms. The lowest BCUT2D eigenvalue weighted by atomic mass is 10.1. The van der Waals surface area contributed by atoms with Crippen LogP contribution in [0.2, 0.25) is 0 Å². The Morgan fingerprint density at radius 2 is 1.95 bits per heavy atom. The van der Waals surface area contributed by atoms with Crippen LogP contribution in [0.1, 0.15) is 31.1 Å². The fraction of sp³-hybridized carbons (Fsp3) is 0.286. The van der Waals surface area contributed by atoms with E-state index in [4.69, 9.17) is 5.73 Å². The first kappa shape index (κ1) is 13.3. The van der Waals surface area contributed by atoms with E-state index >= 15 is 0 Å².